The van der Waals surface area contributed by atoms with Gasteiger partial charge in [-0.2, -0.15) is 0 Å². The predicted molar refractivity (Wildman–Crippen MR) is 99.2 cm³/mol. The van der Waals surface area contributed by atoms with Gasteiger partial charge in [-0.05, 0) is 49.7 Å². The van der Waals surface area contributed by atoms with Gasteiger partial charge in [0.25, 0.3) is 5.91 Å². The fourth-order valence-electron chi connectivity index (χ4n) is 2.35. The van der Waals surface area contributed by atoms with Crippen LogP contribution in [0.25, 0.3) is 0 Å². The maximum Gasteiger partial charge on any atom is 0.253 e. The lowest BCUT2D eigenvalue weighted by Gasteiger charge is -2.19. The van der Waals surface area contributed by atoms with Gasteiger partial charge in [0.15, 0.2) is 0 Å². The maximum atomic E-state index is 12.5. The van der Waals surface area contributed by atoms with Crippen LogP contribution in [0.2, 0.25) is 5.02 Å². The average molecular weight is 381 g/mol. The lowest BCUT2D eigenvalue weighted by atomic mass is 10.2. The first-order valence-corrected chi connectivity index (χ1v) is 9.87. The van der Waals surface area contributed by atoms with Gasteiger partial charge in [0.2, 0.25) is 10.0 Å². The summed E-state index contributed by atoms with van der Waals surface area (Å²) in [6, 6.07) is 13.0. The van der Waals surface area contributed by atoms with E-state index in [1.165, 1.54) is 12.1 Å². The monoisotopic (exact) mass is 380 g/mol. The standard InChI is InChI=1S/C18H21ClN2O3S/c1-3-21(4-2)18(22)15-6-5-7-17(12-15)25(23,24)20-13-14-8-10-16(19)11-9-14/h5-12,20H,3-4,13H2,1-2H3. The molecule has 0 unspecified atom stereocenters. The van der Waals surface area contributed by atoms with Crippen molar-refractivity contribution in [3.05, 3.63) is 64.7 Å². The molecule has 0 radical (unpaired) electrons. The second-order valence-corrected chi connectivity index (χ2v) is 7.66. The second-order valence-electron chi connectivity index (χ2n) is 5.46. The summed E-state index contributed by atoms with van der Waals surface area (Å²) in [5.74, 6) is -0.181. The molecule has 0 saturated heterocycles. The molecule has 2 aromatic carbocycles. The summed E-state index contributed by atoms with van der Waals surface area (Å²) in [5, 5.41) is 0.592. The van der Waals surface area contributed by atoms with Crippen LogP contribution in [0.1, 0.15) is 29.8 Å². The number of hydrogen-bond donors (Lipinski definition) is 1. The highest BCUT2D eigenvalue weighted by Crippen LogP contribution is 2.15. The van der Waals surface area contributed by atoms with Gasteiger partial charge in [-0.1, -0.05) is 29.8 Å². The van der Waals surface area contributed by atoms with Crippen LogP contribution in [0.3, 0.4) is 0 Å². The fraction of sp³-hybridized carbons (Fsp3) is 0.278. The third-order valence-corrected chi connectivity index (χ3v) is 5.47. The predicted octanol–water partition coefficient (Wildman–Crippen LogP) is 3.30. The first kappa shape index (κ1) is 19.4. The number of nitrogens with zero attached hydrogens (tertiary/aromatic N) is 1. The first-order valence-electron chi connectivity index (χ1n) is 8.00. The molecule has 0 aliphatic carbocycles. The molecule has 0 atom stereocenters. The minimum absolute atomic E-state index is 0.0690. The van der Waals surface area contributed by atoms with Crippen molar-refractivity contribution in [1.82, 2.24) is 9.62 Å². The zero-order chi connectivity index (χ0) is 18.4. The van der Waals surface area contributed by atoms with E-state index in [-0.39, 0.29) is 17.3 Å². The molecule has 1 amide bonds. The Hall–Kier alpha value is -1.89. The molecular weight excluding hydrogens is 360 g/mol. The summed E-state index contributed by atoms with van der Waals surface area (Å²) in [4.78, 5) is 14.1. The second kappa shape index (κ2) is 8.47. The van der Waals surface area contributed by atoms with Crippen LogP contribution in [-0.4, -0.2) is 32.3 Å². The van der Waals surface area contributed by atoms with E-state index in [0.717, 1.165) is 5.56 Å². The lowest BCUT2D eigenvalue weighted by molar-refractivity contribution is 0.0772. The van der Waals surface area contributed by atoms with Crippen LogP contribution in [0.5, 0.6) is 0 Å². The van der Waals surface area contributed by atoms with Gasteiger partial charge >= 0.3 is 0 Å². The third kappa shape index (κ3) is 5.04. The number of carbonyl (C=O) groups is 1. The molecule has 0 bridgehead atoms. The molecule has 0 spiro atoms. The van der Waals surface area contributed by atoms with Crippen LogP contribution in [0, 0.1) is 0 Å². The Kier molecular flexibility index (Phi) is 6.58. The highest BCUT2D eigenvalue weighted by atomic mass is 35.5. The summed E-state index contributed by atoms with van der Waals surface area (Å²) >= 11 is 5.82. The van der Waals surface area contributed by atoms with E-state index in [0.29, 0.717) is 23.7 Å². The van der Waals surface area contributed by atoms with Crippen molar-refractivity contribution in [3.8, 4) is 0 Å². The normalized spacial score (nSPS) is 11.3. The summed E-state index contributed by atoms with van der Waals surface area (Å²) in [6.45, 7) is 5.06. The fourth-order valence-corrected chi connectivity index (χ4v) is 3.54. The van der Waals surface area contributed by atoms with Crippen molar-refractivity contribution in [2.45, 2.75) is 25.3 Å². The van der Waals surface area contributed by atoms with E-state index in [4.69, 9.17) is 11.6 Å². The van der Waals surface area contributed by atoms with Gasteiger partial charge in [-0.25, -0.2) is 13.1 Å². The van der Waals surface area contributed by atoms with Crippen molar-refractivity contribution < 1.29 is 13.2 Å². The number of carbonyl (C=O) groups excluding carboxylic acids is 1. The van der Waals surface area contributed by atoms with Gasteiger partial charge in [-0.15, -0.1) is 0 Å². The van der Waals surface area contributed by atoms with E-state index in [1.807, 2.05) is 13.8 Å². The summed E-state index contributed by atoms with van der Waals surface area (Å²) in [7, 11) is -3.72. The molecule has 0 fully saturated rings. The molecule has 0 aromatic heterocycles. The quantitative estimate of drug-likeness (QED) is 0.801. The van der Waals surface area contributed by atoms with Crippen molar-refractivity contribution in [3.63, 3.8) is 0 Å². The number of sulfonamides is 1. The molecule has 134 valence electrons. The smallest absolute Gasteiger partial charge is 0.253 e. The number of halogens is 1. The van der Waals surface area contributed by atoms with E-state index in [9.17, 15) is 13.2 Å². The van der Waals surface area contributed by atoms with Crippen LogP contribution < -0.4 is 4.72 Å². The molecular formula is C18H21ClN2O3S. The van der Waals surface area contributed by atoms with Crippen LogP contribution in [0.4, 0.5) is 0 Å². The number of rotatable bonds is 7. The zero-order valence-electron chi connectivity index (χ0n) is 14.2. The Morgan fingerprint density at radius 1 is 1.08 bits per heavy atom. The highest BCUT2D eigenvalue weighted by Gasteiger charge is 2.18. The van der Waals surface area contributed by atoms with Gasteiger partial charge in [0, 0.05) is 30.2 Å². The highest BCUT2D eigenvalue weighted by molar-refractivity contribution is 7.89. The first-order chi connectivity index (χ1) is 11.9. The number of hydrogen-bond acceptors (Lipinski definition) is 3. The van der Waals surface area contributed by atoms with Crippen LogP contribution >= 0.6 is 11.6 Å². The van der Waals surface area contributed by atoms with Gasteiger partial charge in [-0.3, -0.25) is 4.79 Å². The molecule has 0 aliphatic heterocycles. The minimum Gasteiger partial charge on any atom is -0.339 e. The summed E-state index contributed by atoms with van der Waals surface area (Å²) < 4.78 is 27.5. The largest absolute Gasteiger partial charge is 0.339 e. The molecule has 2 aromatic rings. The molecule has 1 N–H and O–H groups in total. The van der Waals surface area contributed by atoms with Crippen molar-refractivity contribution in [2.24, 2.45) is 0 Å². The van der Waals surface area contributed by atoms with E-state index in [2.05, 4.69) is 4.72 Å². The van der Waals surface area contributed by atoms with Crippen LogP contribution in [-0.2, 0) is 16.6 Å². The molecule has 25 heavy (non-hydrogen) atoms. The zero-order valence-corrected chi connectivity index (χ0v) is 15.8. The molecule has 2 rings (SSSR count). The van der Waals surface area contributed by atoms with Gasteiger partial charge < -0.3 is 4.90 Å². The Bertz CT molecular complexity index is 832. The third-order valence-electron chi connectivity index (χ3n) is 3.82. The SMILES string of the molecule is CCN(CC)C(=O)c1cccc(S(=O)(=O)NCc2ccc(Cl)cc2)c1. The Labute approximate surface area is 153 Å². The topological polar surface area (TPSA) is 66.5 Å². The molecule has 7 heteroatoms. The van der Waals surface area contributed by atoms with Gasteiger partial charge in [0.1, 0.15) is 0 Å². The number of nitrogens with one attached hydrogen (secondary N) is 1. The van der Waals surface area contributed by atoms with Crippen LogP contribution in [0.15, 0.2) is 53.4 Å². The molecule has 5 nitrogen and oxygen atoms in total. The maximum absolute atomic E-state index is 12.5. The minimum atomic E-state index is -3.72. The van der Waals surface area contributed by atoms with Crippen molar-refractivity contribution >= 4 is 27.5 Å². The average Bonchev–Trinajstić information content (AvgIpc) is 2.62. The molecule has 0 aliphatic rings. The lowest BCUT2D eigenvalue weighted by Crippen LogP contribution is -2.30. The van der Waals surface area contributed by atoms with E-state index >= 15 is 0 Å². The summed E-state index contributed by atoms with van der Waals surface area (Å²) in [5.41, 5.74) is 1.15. The Morgan fingerprint density at radius 2 is 1.72 bits per heavy atom. The van der Waals surface area contributed by atoms with Crippen molar-refractivity contribution in [2.75, 3.05) is 13.1 Å². The Morgan fingerprint density at radius 3 is 2.32 bits per heavy atom. The Balaban J connectivity index is 2.17. The molecule has 0 saturated carbocycles. The summed E-state index contributed by atoms with van der Waals surface area (Å²) in [6.07, 6.45) is 0. The van der Waals surface area contributed by atoms with Crippen molar-refractivity contribution in [1.29, 1.82) is 0 Å². The number of amides is 1. The molecule has 0 heterocycles. The van der Waals surface area contributed by atoms with E-state index in [1.54, 1.807) is 41.3 Å². The van der Waals surface area contributed by atoms with Gasteiger partial charge in [0.05, 0.1) is 4.90 Å². The van der Waals surface area contributed by atoms with E-state index < -0.39 is 10.0 Å². The number of benzene rings is 2.